The van der Waals surface area contributed by atoms with Crippen LogP contribution >= 0.6 is 0 Å². The molecule has 0 unspecified atom stereocenters. The first-order chi connectivity index (χ1) is 12.2. The van der Waals surface area contributed by atoms with Gasteiger partial charge in [-0.25, -0.2) is 9.78 Å². The van der Waals surface area contributed by atoms with E-state index < -0.39 is 11.2 Å². The lowest BCUT2D eigenvalue weighted by Crippen LogP contribution is -2.22. The molecule has 0 saturated heterocycles. The number of aromatic nitrogens is 5. The van der Waals surface area contributed by atoms with E-state index in [0.29, 0.717) is 29.1 Å². The van der Waals surface area contributed by atoms with E-state index in [2.05, 4.69) is 30.2 Å². The van der Waals surface area contributed by atoms with Gasteiger partial charge >= 0.3 is 5.69 Å². The van der Waals surface area contributed by atoms with Gasteiger partial charge < -0.3 is 15.3 Å². The van der Waals surface area contributed by atoms with Crippen LogP contribution < -0.4 is 16.6 Å². The van der Waals surface area contributed by atoms with Crippen LogP contribution in [-0.4, -0.2) is 24.9 Å². The maximum Gasteiger partial charge on any atom is 0.325 e. The summed E-state index contributed by atoms with van der Waals surface area (Å²) >= 11 is 0. The van der Waals surface area contributed by atoms with Crippen LogP contribution in [0.25, 0.3) is 22.2 Å². The standard InChI is InChI=1S/C17H14N6O2/c24-16-13(9-21-17(25)23-16)12-6-14(22-15-11(12)3-5-19-15)20-8-10-2-1-4-18-7-10/h1-7,9H,8H2,(H2,19,20,22)(H2,21,23,24,25). The maximum absolute atomic E-state index is 12.2. The first-order valence-corrected chi connectivity index (χ1v) is 7.64. The number of hydrogen-bond acceptors (Lipinski definition) is 5. The van der Waals surface area contributed by atoms with E-state index in [9.17, 15) is 9.59 Å². The SMILES string of the molecule is O=c1[nH]cc(-c2cc(NCc3cccnc3)nc3[nH]ccc23)c(=O)[nH]1. The second-order valence-corrected chi connectivity index (χ2v) is 5.50. The monoisotopic (exact) mass is 334 g/mol. The van der Waals surface area contributed by atoms with Crippen molar-refractivity contribution in [3.05, 3.63) is 75.5 Å². The number of aromatic amines is 3. The Balaban J connectivity index is 1.77. The number of nitrogens with one attached hydrogen (secondary N) is 4. The van der Waals surface area contributed by atoms with E-state index in [1.165, 1.54) is 6.20 Å². The molecule has 0 saturated carbocycles. The highest BCUT2D eigenvalue weighted by Crippen LogP contribution is 2.27. The third-order valence-electron chi connectivity index (χ3n) is 3.83. The van der Waals surface area contributed by atoms with Crippen LogP contribution in [0.15, 0.2) is 58.6 Å². The van der Waals surface area contributed by atoms with Crippen LogP contribution in [0.3, 0.4) is 0 Å². The van der Waals surface area contributed by atoms with Gasteiger partial charge in [-0.2, -0.15) is 0 Å². The topological polar surface area (TPSA) is 119 Å². The first-order valence-electron chi connectivity index (χ1n) is 7.64. The number of nitrogens with zero attached hydrogens (tertiary/aromatic N) is 2. The van der Waals surface area contributed by atoms with E-state index in [1.54, 1.807) is 24.7 Å². The Morgan fingerprint density at radius 1 is 1.12 bits per heavy atom. The molecule has 0 amide bonds. The van der Waals surface area contributed by atoms with Gasteiger partial charge in [0.25, 0.3) is 5.56 Å². The fraction of sp³-hybridized carbons (Fsp3) is 0.0588. The molecule has 4 aromatic rings. The summed E-state index contributed by atoms with van der Waals surface area (Å²) in [7, 11) is 0. The van der Waals surface area contributed by atoms with Crippen LogP contribution in [0.4, 0.5) is 5.82 Å². The average Bonchev–Trinajstić information content (AvgIpc) is 3.09. The zero-order valence-corrected chi connectivity index (χ0v) is 13.0. The molecule has 0 fully saturated rings. The molecule has 4 heterocycles. The van der Waals surface area contributed by atoms with E-state index in [4.69, 9.17) is 0 Å². The van der Waals surface area contributed by atoms with Crippen LogP contribution in [0.5, 0.6) is 0 Å². The van der Waals surface area contributed by atoms with E-state index >= 15 is 0 Å². The Morgan fingerprint density at radius 2 is 2.04 bits per heavy atom. The quantitative estimate of drug-likeness (QED) is 0.452. The molecular formula is C17H14N6O2. The summed E-state index contributed by atoms with van der Waals surface area (Å²) in [5.74, 6) is 0.611. The predicted octanol–water partition coefficient (Wildman–Crippen LogP) is 1.61. The molecule has 0 radical (unpaired) electrons. The predicted molar refractivity (Wildman–Crippen MR) is 94.3 cm³/mol. The normalized spacial score (nSPS) is 10.9. The van der Waals surface area contributed by atoms with Crippen molar-refractivity contribution in [1.29, 1.82) is 0 Å². The van der Waals surface area contributed by atoms with Crippen molar-refractivity contribution in [2.75, 3.05) is 5.32 Å². The molecule has 124 valence electrons. The van der Waals surface area contributed by atoms with Gasteiger partial charge in [0.2, 0.25) is 0 Å². The van der Waals surface area contributed by atoms with Crippen molar-refractivity contribution in [1.82, 2.24) is 24.9 Å². The number of pyridine rings is 2. The smallest absolute Gasteiger partial charge is 0.325 e. The van der Waals surface area contributed by atoms with Crippen molar-refractivity contribution in [2.24, 2.45) is 0 Å². The van der Waals surface area contributed by atoms with Crippen molar-refractivity contribution >= 4 is 16.9 Å². The van der Waals surface area contributed by atoms with E-state index in [0.717, 1.165) is 10.9 Å². The molecule has 4 rings (SSSR count). The van der Waals surface area contributed by atoms with Gasteiger partial charge in [0.05, 0.1) is 5.56 Å². The number of H-pyrrole nitrogens is 3. The van der Waals surface area contributed by atoms with Gasteiger partial charge in [0.1, 0.15) is 11.5 Å². The molecule has 0 aliphatic heterocycles. The molecule has 25 heavy (non-hydrogen) atoms. The van der Waals surface area contributed by atoms with Gasteiger partial charge in [-0.1, -0.05) is 6.07 Å². The molecule has 4 N–H and O–H groups in total. The lowest BCUT2D eigenvalue weighted by atomic mass is 10.1. The fourth-order valence-electron chi connectivity index (χ4n) is 2.66. The Hall–Kier alpha value is -3.68. The first kappa shape index (κ1) is 14.9. The molecule has 0 atom stereocenters. The zero-order valence-electron chi connectivity index (χ0n) is 13.0. The van der Waals surface area contributed by atoms with E-state index in [-0.39, 0.29) is 0 Å². The van der Waals surface area contributed by atoms with Gasteiger partial charge in [0, 0.05) is 42.3 Å². The lowest BCUT2D eigenvalue weighted by Gasteiger charge is -2.09. The molecule has 0 spiro atoms. The highest BCUT2D eigenvalue weighted by atomic mass is 16.2. The molecule has 0 aliphatic rings. The van der Waals surface area contributed by atoms with Gasteiger partial charge in [0.15, 0.2) is 0 Å². The third kappa shape index (κ3) is 2.92. The summed E-state index contributed by atoms with van der Waals surface area (Å²) in [6.45, 7) is 0.550. The Bertz CT molecular complexity index is 1140. The molecule has 0 aromatic carbocycles. The highest BCUT2D eigenvalue weighted by molar-refractivity contribution is 5.94. The molecule has 0 aliphatic carbocycles. The summed E-state index contributed by atoms with van der Waals surface area (Å²) < 4.78 is 0. The average molecular weight is 334 g/mol. The van der Waals surface area contributed by atoms with Crippen molar-refractivity contribution < 1.29 is 0 Å². The summed E-state index contributed by atoms with van der Waals surface area (Å²) in [5.41, 5.74) is 1.73. The van der Waals surface area contributed by atoms with Crippen molar-refractivity contribution in [3.8, 4) is 11.1 Å². The number of rotatable bonds is 4. The number of anilines is 1. The van der Waals surface area contributed by atoms with Crippen LogP contribution in [-0.2, 0) is 6.54 Å². The summed E-state index contributed by atoms with van der Waals surface area (Å²) in [4.78, 5) is 39.8. The molecule has 8 heteroatoms. The van der Waals surface area contributed by atoms with Gasteiger partial charge in [-0.05, 0) is 23.8 Å². The van der Waals surface area contributed by atoms with E-state index in [1.807, 2.05) is 18.2 Å². The largest absolute Gasteiger partial charge is 0.366 e. The molecule has 0 bridgehead atoms. The number of fused-ring (bicyclic) bond motifs is 1. The minimum atomic E-state index is -0.539. The summed E-state index contributed by atoms with van der Waals surface area (Å²) in [6.07, 6.45) is 6.65. The summed E-state index contributed by atoms with van der Waals surface area (Å²) in [6, 6.07) is 7.45. The molecular weight excluding hydrogens is 320 g/mol. The lowest BCUT2D eigenvalue weighted by molar-refractivity contribution is 1.04. The molecule has 4 aromatic heterocycles. The van der Waals surface area contributed by atoms with Crippen molar-refractivity contribution in [2.45, 2.75) is 6.54 Å². The second-order valence-electron chi connectivity index (χ2n) is 5.50. The molecule has 8 nitrogen and oxygen atoms in total. The highest BCUT2D eigenvalue weighted by Gasteiger charge is 2.12. The Labute approximate surface area is 141 Å². The fourth-order valence-corrected chi connectivity index (χ4v) is 2.66. The summed E-state index contributed by atoms with van der Waals surface area (Å²) in [5, 5.41) is 4.02. The Morgan fingerprint density at radius 3 is 2.84 bits per heavy atom. The third-order valence-corrected chi connectivity index (χ3v) is 3.83. The minimum Gasteiger partial charge on any atom is -0.366 e. The van der Waals surface area contributed by atoms with Gasteiger partial charge in [-0.3, -0.25) is 14.8 Å². The van der Waals surface area contributed by atoms with Crippen LogP contribution in [0.1, 0.15) is 5.56 Å². The zero-order chi connectivity index (χ0) is 17.2. The number of hydrogen-bond donors (Lipinski definition) is 4. The van der Waals surface area contributed by atoms with Crippen molar-refractivity contribution in [3.63, 3.8) is 0 Å². The Kier molecular flexibility index (Phi) is 3.62. The van der Waals surface area contributed by atoms with Crippen LogP contribution in [0, 0.1) is 0 Å². The maximum atomic E-state index is 12.2. The van der Waals surface area contributed by atoms with Gasteiger partial charge in [-0.15, -0.1) is 0 Å². The van der Waals surface area contributed by atoms with Crippen LogP contribution in [0.2, 0.25) is 0 Å². The second kappa shape index (κ2) is 6.08. The minimum absolute atomic E-state index is 0.371.